The number of carbonyl (C=O) groups is 1. The minimum Gasteiger partial charge on any atom is -0.378 e. The van der Waals surface area contributed by atoms with Crippen molar-refractivity contribution in [3.63, 3.8) is 0 Å². The van der Waals surface area contributed by atoms with Crippen molar-refractivity contribution >= 4 is 11.6 Å². The summed E-state index contributed by atoms with van der Waals surface area (Å²) in [7, 11) is 1.90. The fraction of sp³-hybridized carbons (Fsp3) is 0.500. The van der Waals surface area contributed by atoms with Crippen molar-refractivity contribution in [2.45, 2.75) is 76.9 Å². The standard InChI is InChI=1S/C28H36N6O2/c1-18(2)15-34-17-21(22-14-30-33(3)16-22)12-26(28(34)36)31-23-7-4-19(5-8-23)20-6-11-25(29-13-20)27(35)32-24-9-10-24/h6,11-14,16-19,23-24,31H,4-5,7-10,15H2,1-3H3,(H,32,35). The second-order valence-corrected chi connectivity index (χ2v) is 10.8. The Balaban J connectivity index is 1.25. The van der Waals surface area contributed by atoms with Crippen LogP contribution in [0.5, 0.6) is 0 Å². The molecule has 0 spiro atoms. The molecule has 2 aliphatic carbocycles. The first kappa shape index (κ1) is 24.3. The molecule has 3 aromatic rings. The van der Waals surface area contributed by atoms with Crippen LogP contribution in [0.1, 0.15) is 74.3 Å². The Bertz CT molecular complexity index is 1260. The number of nitrogens with zero attached hydrogens (tertiary/aromatic N) is 4. The predicted molar refractivity (Wildman–Crippen MR) is 141 cm³/mol. The summed E-state index contributed by atoms with van der Waals surface area (Å²) in [5.74, 6) is 0.721. The summed E-state index contributed by atoms with van der Waals surface area (Å²) < 4.78 is 3.61. The first-order valence-electron chi connectivity index (χ1n) is 13.1. The summed E-state index contributed by atoms with van der Waals surface area (Å²) in [6.07, 6.45) is 13.8. The van der Waals surface area contributed by atoms with Gasteiger partial charge in [-0.15, -0.1) is 0 Å². The normalized spacial score (nSPS) is 19.9. The van der Waals surface area contributed by atoms with Gasteiger partial charge in [0.15, 0.2) is 0 Å². The number of hydrogen-bond donors (Lipinski definition) is 2. The molecule has 3 heterocycles. The van der Waals surface area contributed by atoms with Crippen LogP contribution in [0.4, 0.5) is 5.69 Å². The van der Waals surface area contributed by atoms with Crippen LogP contribution in [0.2, 0.25) is 0 Å². The number of anilines is 1. The molecule has 8 nitrogen and oxygen atoms in total. The second kappa shape index (κ2) is 10.3. The molecule has 0 unspecified atom stereocenters. The predicted octanol–water partition coefficient (Wildman–Crippen LogP) is 4.33. The van der Waals surface area contributed by atoms with Crippen molar-refractivity contribution in [1.82, 2.24) is 24.6 Å². The van der Waals surface area contributed by atoms with E-state index in [1.165, 1.54) is 5.56 Å². The number of rotatable bonds is 8. The third-order valence-corrected chi connectivity index (χ3v) is 7.18. The van der Waals surface area contributed by atoms with Crippen LogP contribution in [-0.2, 0) is 13.6 Å². The molecule has 0 saturated heterocycles. The van der Waals surface area contributed by atoms with Crippen LogP contribution in [0.3, 0.4) is 0 Å². The smallest absolute Gasteiger partial charge is 0.273 e. The lowest BCUT2D eigenvalue weighted by atomic mass is 9.82. The van der Waals surface area contributed by atoms with E-state index in [0.717, 1.165) is 49.7 Å². The van der Waals surface area contributed by atoms with Gasteiger partial charge in [0.1, 0.15) is 11.4 Å². The van der Waals surface area contributed by atoms with Gasteiger partial charge in [-0.3, -0.25) is 19.3 Å². The fourth-order valence-corrected chi connectivity index (χ4v) is 5.06. The summed E-state index contributed by atoms with van der Waals surface area (Å²) in [6.45, 7) is 4.92. The lowest BCUT2D eigenvalue weighted by molar-refractivity contribution is 0.0946. The lowest BCUT2D eigenvalue weighted by Gasteiger charge is -2.30. The summed E-state index contributed by atoms with van der Waals surface area (Å²) in [5, 5.41) is 10.9. The van der Waals surface area contributed by atoms with Gasteiger partial charge in [-0.2, -0.15) is 5.10 Å². The summed E-state index contributed by atoms with van der Waals surface area (Å²) in [4.78, 5) is 29.9. The molecule has 0 bridgehead atoms. The van der Waals surface area contributed by atoms with Crippen LogP contribution >= 0.6 is 0 Å². The molecule has 3 aromatic heterocycles. The van der Waals surface area contributed by atoms with Gasteiger partial charge < -0.3 is 15.2 Å². The SMILES string of the molecule is CC(C)Cn1cc(-c2cnn(C)c2)cc(NC2CCC(c3ccc(C(=O)NC4CC4)nc3)CC2)c1=O. The van der Waals surface area contributed by atoms with Crippen LogP contribution in [-0.4, -0.2) is 37.3 Å². The van der Waals surface area contributed by atoms with E-state index in [-0.39, 0.29) is 17.5 Å². The minimum absolute atomic E-state index is 0.0303. The minimum atomic E-state index is -0.0754. The van der Waals surface area contributed by atoms with E-state index in [4.69, 9.17) is 0 Å². The first-order chi connectivity index (χ1) is 17.4. The molecule has 8 heteroatoms. The zero-order valence-electron chi connectivity index (χ0n) is 21.4. The zero-order chi connectivity index (χ0) is 25.2. The Kier molecular flexibility index (Phi) is 6.94. The highest BCUT2D eigenvalue weighted by atomic mass is 16.2. The quantitative estimate of drug-likeness (QED) is 0.492. The molecule has 36 heavy (non-hydrogen) atoms. The van der Waals surface area contributed by atoms with E-state index in [9.17, 15) is 9.59 Å². The molecular weight excluding hydrogens is 452 g/mol. The molecule has 2 saturated carbocycles. The summed E-state index contributed by atoms with van der Waals surface area (Å²) in [5.41, 5.74) is 4.37. The van der Waals surface area contributed by atoms with Crippen molar-refractivity contribution < 1.29 is 4.79 Å². The number of aryl methyl sites for hydroxylation is 1. The van der Waals surface area contributed by atoms with Crippen molar-refractivity contribution in [3.05, 3.63) is 64.6 Å². The number of nitrogens with one attached hydrogen (secondary N) is 2. The van der Waals surface area contributed by atoms with Gasteiger partial charge in [0.05, 0.1) is 6.20 Å². The van der Waals surface area contributed by atoms with Crippen LogP contribution in [0.15, 0.2) is 47.8 Å². The maximum absolute atomic E-state index is 13.2. The van der Waals surface area contributed by atoms with E-state index in [2.05, 4.69) is 40.6 Å². The maximum atomic E-state index is 13.2. The average molecular weight is 489 g/mol. The Hall–Kier alpha value is -3.42. The molecule has 5 rings (SSSR count). The van der Waals surface area contributed by atoms with Gasteiger partial charge >= 0.3 is 0 Å². The first-order valence-corrected chi connectivity index (χ1v) is 13.1. The largest absolute Gasteiger partial charge is 0.378 e. The topological polar surface area (TPSA) is 93.8 Å². The monoisotopic (exact) mass is 488 g/mol. The number of hydrogen-bond acceptors (Lipinski definition) is 5. The number of carbonyl (C=O) groups excluding carboxylic acids is 1. The van der Waals surface area contributed by atoms with Crippen LogP contribution in [0, 0.1) is 5.92 Å². The molecule has 2 fully saturated rings. The van der Waals surface area contributed by atoms with E-state index in [1.54, 1.807) is 4.68 Å². The molecular formula is C28H36N6O2. The van der Waals surface area contributed by atoms with Crippen molar-refractivity contribution in [2.24, 2.45) is 13.0 Å². The van der Waals surface area contributed by atoms with E-state index in [0.29, 0.717) is 35.8 Å². The summed E-state index contributed by atoms with van der Waals surface area (Å²) in [6, 6.07) is 6.45. The van der Waals surface area contributed by atoms with Crippen molar-refractivity contribution in [2.75, 3.05) is 5.32 Å². The van der Waals surface area contributed by atoms with Crippen molar-refractivity contribution in [1.29, 1.82) is 0 Å². The molecule has 2 N–H and O–H groups in total. The number of amides is 1. The fourth-order valence-electron chi connectivity index (χ4n) is 5.06. The van der Waals surface area contributed by atoms with E-state index in [1.807, 2.05) is 48.5 Å². The molecule has 0 atom stereocenters. The van der Waals surface area contributed by atoms with Crippen LogP contribution < -0.4 is 16.2 Å². The van der Waals surface area contributed by atoms with Gasteiger partial charge in [-0.1, -0.05) is 19.9 Å². The summed E-state index contributed by atoms with van der Waals surface area (Å²) >= 11 is 0. The molecule has 0 aromatic carbocycles. The number of pyridine rings is 2. The Labute approximate surface area is 212 Å². The van der Waals surface area contributed by atoms with Gasteiger partial charge in [-0.25, -0.2) is 0 Å². The molecule has 1 amide bonds. The maximum Gasteiger partial charge on any atom is 0.273 e. The van der Waals surface area contributed by atoms with E-state index < -0.39 is 0 Å². The Morgan fingerprint density at radius 3 is 2.39 bits per heavy atom. The third-order valence-electron chi connectivity index (χ3n) is 7.18. The lowest BCUT2D eigenvalue weighted by Crippen LogP contribution is -2.31. The van der Waals surface area contributed by atoms with Gasteiger partial charge in [0.2, 0.25) is 0 Å². The Morgan fingerprint density at radius 1 is 1.03 bits per heavy atom. The van der Waals surface area contributed by atoms with Gasteiger partial charge in [-0.05, 0) is 68.1 Å². The molecule has 2 aliphatic rings. The Morgan fingerprint density at radius 2 is 1.78 bits per heavy atom. The second-order valence-electron chi connectivity index (χ2n) is 10.8. The highest BCUT2D eigenvalue weighted by molar-refractivity contribution is 5.92. The van der Waals surface area contributed by atoms with Gasteiger partial charge in [0.25, 0.3) is 11.5 Å². The van der Waals surface area contributed by atoms with Crippen molar-refractivity contribution in [3.8, 4) is 11.1 Å². The number of aromatic nitrogens is 4. The highest BCUT2D eigenvalue weighted by Crippen LogP contribution is 2.34. The van der Waals surface area contributed by atoms with Gasteiger partial charge in [0, 0.05) is 55.4 Å². The average Bonchev–Trinajstić information content (AvgIpc) is 3.58. The molecule has 0 radical (unpaired) electrons. The molecule has 0 aliphatic heterocycles. The highest BCUT2D eigenvalue weighted by Gasteiger charge is 2.26. The van der Waals surface area contributed by atoms with E-state index >= 15 is 0 Å². The molecule has 190 valence electrons. The van der Waals surface area contributed by atoms with Crippen LogP contribution in [0.25, 0.3) is 11.1 Å². The zero-order valence-corrected chi connectivity index (χ0v) is 21.4. The third kappa shape index (κ3) is 5.69.